The fourth-order valence-corrected chi connectivity index (χ4v) is 3.53. The zero-order valence-corrected chi connectivity index (χ0v) is 16.6. The van der Waals surface area contributed by atoms with Gasteiger partial charge in [-0.2, -0.15) is 4.98 Å². The fourth-order valence-electron chi connectivity index (χ4n) is 3.53. The molecule has 0 spiro atoms. The molecule has 7 heteroatoms. The first kappa shape index (κ1) is 19.0. The first-order valence-electron chi connectivity index (χ1n) is 9.85. The van der Waals surface area contributed by atoms with Gasteiger partial charge in [-0.3, -0.25) is 0 Å². The second-order valence-corrected chi connectivity index (χ2v) is 7.06. The summed E-state index contributed by atoms with van der Waals surface area (Å²) in [6, 6.07) is 14.9. The number of nitrogens with one attached hydrogen (secondary N) is 1. The van der Waals surface area contributed by atoms with E-state index in [4.69, 9.17) is 9.26 Å². The van der Waals surface area contributed by atoms with Crippen LogP contribution in [-0.2, 0) is 0 Å². The minimum absolute atomic E-state index is 0.174. The number of hydrogen-bond donors (Lipinski definition) is 1. The number of nitrogens with zero attached hydrogens (tertiary/aromatic N) is 3. The minimum Gasteiger partial charge on any atom is -0.494 e. The normalized spacial score (nSPS) is 16.1. The van der Waals surface area contributed by atoms with E-state index in [1.165, 1.54) is 0 Å². The molecular formula is C22H24N4O3. The Hall–Kier alpha value is -3.35. The molecule has 0 aliphatic carbocycles. The maximum Gasteiger partial charge on any atom is 0.322 e. The number of likely N-dealkylation sites (tertiary alicyclic amines) is 1. The third kappa shape index (κ3) is 4.23. The molecule has 3 aromatic rings. The summed E-state index contributed by atoms with van der Waals surface area (Å²) in [5.41, 5.74) is 2.75. The molecule has 1 fully saturated rings. The van der Waals surface area contributed by atoms with Crippen LogP contribution in [0.4, 0.5) is 10.5 Å². The van der Waals surface area contributed by atoms with Gasteiger partial charge in [-0.05, 0) is 57.0 Å². The lowest BCUT2D eigenvalue weighted by Crippen LogP contribution is -2.34. The average molecular weight is 392 g/mol. The van der Waals surface area contributed by atoms with E-state index in [0.717, 1.165) is 35.4 Å². The molecular weight excluding hydrogens is 368 g/mol. The molecule has 0 saturated carbocycles. The van der Waals surface area contributed by atoms with E-state index in [1.807, 2.05) is 62.4 Å². The summed E-state index contributed by atoms with van der Waals surface area (Å²) in [5.74, 6) is 1.79. The third-order valence-corrected chi connectivity index (χ3v) is 4.93. The lowest BCUT2D eigenvalue weighted by Gasteiger charge is -2.22. The van der Waals surface area contributed by atoms with E-state index < -0.39 is 0 Å². The van der Waals surface area contributed by atoms with Gasteiger partial charge in [-0.1, -0.05) is 28.9 Å². The van der Waals surface area contributed by atoms with Gasteiger partial charge in [0, 0.05) is 17.8 Å². The van der Waals surface area contributed by atoms with E-state index in [-0.39, 0.29) is 12.1 Å². The minimum atomic E-state index is -0.219. The summed E-state index contributed by atoms with van der Waals surface area (Å²) < 4.78 is 11.0. The van der Waals surface area contributed by atoms with Crippen molar-refractivity contribution in [3.8, 4) is 17.1 Å². The van der Waals surface area contributed by atoms with Crippen molar-refractivity contribution in [2.24, 2.45) is 0 Å². The number of hydrogen-bond acceptors (Lipinski definition) is 5. The number of carbonyl (C=O) groups is 1. The first-order chi connectivity index (χ1) is 14.1. The molecule has 29 heavy (non-hydrogen) atoms. The number of anilines is 1. The summed E-state index contributed by atoms with van der Waals surface area (Å²) in [7, 11) is 0. The Labute approximate surface area is 169 Å². The molecule has 1 aliphatic heterocycles. The molecule has 7 nitrogen and oxygen atoms in total. The van der Waals surface area contributed by atoms with Gasteiger partial charge in [0.05, 0.1) is 6.61 Å². The maximum absolute atomic E-state index is 12.8. The Balaban J connectivity index is 1.47. The number of amides is 2. The van der Waals surface area contributed by atoms with Gasteiger partial charge >= 0.3 is 6.03 Å². The number of aryl methyl sites for hydroxylation is 1. The van der Waals surface area contributed by atoms with Gasteiger partial charge in [0.15, 0.2) is 0 Å². The van der Waals surface area contributed by atoms with Crippen molar-refractivity contribution >= 4 is 11.7 Å². The third-order valence-electron chi connectivity index (χ3n) is 4.93. The number of carbonyl (C=O) groups excluding carboxylic acids is 1. The van der Waals surface area contributed by atoms with Crippen LogP contribution in [0.3, 0.4) is 0 Å². The second-order valence-electron chi connectivity index (χ2n) is 7.06. The van der Waals surface area contributed by atoms with Crippen molar-refractivity contribution in [3.05, 3.63) is 60.0 Å². The number of ether oxygens (including phenoxy) is 1. The number of aromatic nitrogens is 2. The molecule has 2 heterocycles. The van der Waals surface area contributed by atoms with Gasteiger partial charge in [-0.15, -0.1) is 0 Å². The summed E-state index contributed by atoms with van der Waals surface area (Å²) in [6.07, 6.45) is 1.69. The lowest BCUT2D eigenvalue weighted by molar-refractivity contribution is 0.193. The fraction of sp³-hybridized carbons (Fsp3) is 0.318. The number of benzene rings is 2. The van der Waals surface area contributed by atoms with Crippen LogP contribution in [0.1, 0.15) is 37.3 Å². The van der Waals surface area contributed by atoms with Crippen molar-refractivity contribution < 1.29 is 14.1 Å². The Morgan fingerprint density at radius 3 is 2.86 bits per heavy atom. The van der Waals surface area contributed by atoms with E-state index in [2.05, 4.69) is 15.5 Å². The van der Waals surface area contributed by atoms with Crippen LogP contribution in [-0.4, -0.2) is 34.2 Å². The van der Waals surface area contributed by atoms with Crippen LogP contribution in [0.2, 0.25) is 0 Å². The average Bonchev–Trinajstić information content (AvgIpc) is 3.39. The Morgan fingerprint density at radius 2 is 2.10 bits per heavy atom. The molecule has 1 aliphatic rings. The predicted octanol–water partition coefficient (Wildman–Crippen LogP) is 4.81. The van der Waals surface area contributed by atoms with Crippen molar-refractivity contribution in [1.82, 2.24) is 15.0 Å². The lowest BCUT2D eigenvalue weighted by atomic mass is 10.1. The van der Waals surface area contributed by atoms with Gasteiger partial charge in [0.25, 0.3) is 0 Å². The highest BCUT2D eigenvalue weighted by molar-refractivity contribution is 5.89. The Kier molecular flexibility index (Phi) is 5.46. The monoisotopic (exact) mass is 392 g/mol. The van der Waals surface area contributed by atoms with E-state index in [1.54, 1.807) is 4.90 Å². The van der Waals surface area contributed by atoms with Gasteiger partial charge in [-0.25, -0.2) is 4.79 Å². The molecule has 0 bridgehead atoms. The zero-order valence-electron chi connectivity index (χ0n) is 16.6. The molecule has 1 unspecified atom stereocenters. The van der Waals surface area contributed by atoms with E-state index in [0.29, 0.717) is 24.9 Å². The van der Waals surface area contributed by atoms with Crippen LogP contribution in [0.5, 0.6) is 5.75 Å². The van der Waals surface area contributed by atoms with Crippen molar-refractivity contribution in [1.29, 1.82) is 0 Å². The Morgan fingerprint density at radius 1 is 1.28 bits per heavy atom. The van der Waals surface area contributed by atoms with Crippen molar-refractivity contribution in [3.63, 3.8) is 0 Å². The molecule has 2 aromatic carbocycles. The topological polar surface area (TPSA) is 80.5 Å². The molecule has 0 radical (unpaired) electrons. The number of rotatable bonds is 5. The zero-order chi connectivity index (χ0) is 20.2. The quantitative estimate of drug-likeness (QED) is 0.674. The Bertz CT molecular complexity index is 984. The van der Waals surface area contributed by atoms with Crippen LogP contribution in [0.25, 0.3) is 11.4 Å². The van der Waals surface area contributed by atoms with Crippen LogP contribution in [0.15, 0.2) is 53.1 Å². The molecule has 2 amide bonds. The maximum atomic E-state index is 12.8. The summed E-state index contributed by atoms with van der Waals surface area (Å²) in [5, 5.41) is 7.06. The van der Waals surface area contributed by atoms with Gasteiger partial charge in [0.1, 0.15) is 11.8 Å². The van der Waals surface area contributed by atoms with Gasteiger partial charge in [0.2, 0.25) is 11.7 Å². The molecule has 150 valence electrons. The molecule has 1 atom stereocenters. The molecule has 1 aromatic heterocycles. The highest BCUT2D eigenvalue weighted by atomic mass is 16.5. The van der Waals surface area contributed by atoms with Gasteiger partial charge < -0.3 is 19.5 Å². The standard InChI is InChI=1S/C22H24N4O3/c1-3-28-18-11-9-17(10-12-18)23-22(27)26-13-5-8-19(26)21-24-20(25-29-21)16-7-4-6-15(2)14-16/h4,6-7,9-12,14,19H,3,5,8,13H2,1-2H3,(H,23,27). The van der Waals surface area contributed by atoms with E-state index in [9.17, 15) is 4.79 Å². The summed E-state index contributed by atoms with van der Waals surface area (Å²) in [4.78, 5) is 19.1. The SMILES string of the molecule is CCOc1ccc(NC(=O)N2CCCC2c2nc(-c3cccc(C)c3)no2)cc1. The molecule has 1 N–H and O–H groups in total. The van der Waals surface area contributed by atoms with Crippen LogP contribution >= 0.6 is 0 Å². The summed E-state index contributed by atoms with van der Waals surface area (Å²) in [6.45, 7) is 5.21. The largest absolute Gasteiger partial charge is 0.494 e. The van der Waals surface area contributed by atoms with Crippen molar-refractivity contribution in [2.75, 3.05) is 18.5 Å². The van der Waals surface area contributed by atoms with E-state index >= 15 is 0 Å². The number of urea groups is 1. The summed E-state index contributed by atoms with van der Waals surface area (Å²) >= 11 is 0. The highest BCUT2D eigenvalue weighted by Gasteiger charge is 2.34. The highest BCUT2D eigenvalue weighted by Crippen LogP contribution is 2.32. The molecule has 1 saturated heterocycles. The smallest absolute Gasteiger partial charge is 0.322 e. The molecule has 4 rings (SSSR count). The second kappa shape index (κ2) is 8.34. The van der Waals surface area contributed by atoms with Crippen molar-refractivity contribution in [2.45, 2.75) is 32.7 Å². The first-order valence-corrected chi connectivity index (χ1v) is 9.85. The van der Waals surface area contributed by atoms with Crippen LogP contribution < -0.4 is 10.1 Å². The van der Waals surface area contributed by atoms with Crippen LogP contribution in [0, 0.1) is 6.92 Å². The predicted molar refractivity (Wildman–Crippen MR) is 110 cm³/mol.